The Morgan fingerprint density at radius 2 is 2.12 bits per heavy atom. The van der Waals surface area contributed by atoms with Gasteiger partial charge < -0.3 is 10.1 Å². The largest absolute Gasteiger partial charge is 0.363 e. The second kappa shape index (κ2) is 5.19. The second-order valence-electron chi connectivity index (χ2n) is 3.85. The fourth-order valence-electron chi connectivity index (χ4n) is 0.999. The monoisotopic (exact) mass is 259 g/mol. The van der Waals surface area contributed by atoms with Gasteiger partial charge >= 0.3 is 5.82 Å². The molecule has 0 aromatic carbocycles. The molecule has 8 heteroatoms. The van der Waals surface area contributed by atoms with E-state index in [1.807, 2.05) is 13.8 Å². The molecule has 1 aromatic heterocycles. The number of sulfonamides is 1. The first kappa shape index (κ1) is 13.5. The zero-order valence-corrected chi connectivity index (χ0v) is 10.3. The third kappa shape index (κ3) is 3.75. The van der Waals surface area contributed by atoms with Gasteiger partial charge in [-0.2, -0.15) is 0 Å². The maximum Gasteiger partial charge on any atom is 0.363 e. The summed E-state index contributed by atoms with van der Waals surface area (Å²) >= 11 is 0. The Balaban J connectivity index is 2.89. The molecule has 1 aromatic rings. The summed E-state index contributed by atoms with van der Waals surface area (Å²) in [5.41, 5.74) is 0. The van der Waals surface area contributed by atoms with E-state index in [-0.39, 0.29) is 16.6 Å². The quantitative estimate of drug-likeness (QED) is 0.625. The zero-order chi connectivity index (χ0) is 13.1. The van der Waals surface area contributed by atoms with Gasteiger partial charge in [0.15, 0.2) is 6.20 Å². The average Bonchev–Trinajstić information content (AvgIpc) is 2.27. The summed E-state index contributed by atoms with van der Waals surface area (Å²) in [4.78, 5) is 13.0. The Hall–Kier alpha value is -1.54. The number of rotatable bonds is 5. The van der Waals surface area contributed by atoms with Gasteiger partial charge in [0.05, 0.1) is 0 Å². The van der Waals surface area contributed by atoms with Crippen molar-refractivity contribution in [3.63, 3.8) is 0 Å². The minimum atomic E-state index is -3.63. The van der Waals surface area contributed by atoms with E-state index in [0.29, 0.717) is 6.54 Å². The molecule has 1 rings (SSSR count). The molecule has 0 spiro atoms. The van der Waals surface area contributed by atoms with E-state index in [2.05, 4.69) is 9.71 Å². The summed E-state index contributed by atoms with van der Waals surface area (Å²) in [5.74, 6) is -0.205. The minimum absolute atomic E-state index is 0.0799. The summed E-state index contributed by atoms with van der Waals surface area (Å²) in [7, 11) is -3.63. The Kier molecular flexibility index (Phi) is 4.13. The molecule has 0 atom stereocenters. The number of nitrogens with zero attached hydrogens (tertiary/aromatic N) is 2. The maximum atomic E-state index is 11.7. The first-order chi connectivity index (χ1) is 7.83. The number of hydrogen-bond donors (Lipinski definition) is 1. The van der Waals surface area contributed by atoms with Crippen molar-refractivity contribution in [1.82, 2.24) is 9.71 Å². The van der Waals surface area contributed by atoms with Crippen LogP contribution in [0.3, 0.4) is 0 Å². The lowest BCUT2D eigenvalue weighted by atomic mass is 10.2. The summed E-state index contributed by atoms with van der Waals surface area (Å²) in [6.45, 7) is 4.05. The first-order valence-electron chi connectivity index (χ1n) is 4.93. The van der Waals surface area contributed by atoms with Crippen molar-refractivity contribution in [3.8, 4) is 0 Å². The van der Waals surface area contributed by atoms with Crippen molar-refractivity contribution in [2.45, 2.75) is 18.7 Å². The van der Waals surface area contributed by atoms with E-state index >= 15 is 0 Å². The van der Waals surface area contributed by atoms with Crippen LogP contribution in [-0.2, 0) is 10.0 Å². The van der Waals surface area contributed by atoms with E-state index in [4.69, 9.17) is 0 Å². The van der Waals surface area contributed by atoms with Crippen molar-refractivity contribution in [2.24, 2.45) is 5.92 Å². The van der Waals surface area contributed by atoms with Gasteiger partial charge in [-0.1, -0.05) is 13.8 Å². The lowest BCUT2D eigenvalue weighted by molar-refractivity contribution is -0.389. The van der Waals surface area contributed by atoms with Crippen LogP contribution < -0.4 is 4.72 Å². The van der Waals surface area contributed by atoms with Gasteiger partial charge in [-0.3, -0.25) is 0 Å². The summed E-state index contributed by atoms with van der Waals surface area (Å²) in [6, 6.07) is 2.22. The van der Waals surface area contributed by atoms with E-state index in [1.165, 1.54) is 0 Å². The molecule has 0 saturated heterocycles. The smallest absolute Gasteiger partial charge is 0.358 e. The minimum Gasteiger partial charge on any atom is -0.358 e. The van der Waals surface area contributed by atoms with Gasteiger partial charge in [0.2, 0.25) is 10.0 Å². The molecule has 1 heterocycles. The Morgan fingerprint density at radius 3 is 2.53 bits per heavy atom. The highest BCUT2D eigenvalue weighted by molar-refractivity contribution is 7.89. The number of hydrogen-bond acceptors (Lipinski definition) is 5. The number of aromatic nitrogens is 1. The average molecular weight is 259 g/mol. The molecule has 7 nitrogen and oxygen atoms in total. The molecule has 0 saturated carbocycles. The van der Waals surface area contributed by atoms with Crippen molar-refractivity contribution < 1.29 is 13.3 Å². The van der Waals surface area contributed by atoms with Gasteiger partial charge in [0, 0.05) is 12.6 Å². The fraction of sp³-hybridized carbons (Fsp3) is 0.444. The van der Waals surface area contributed by atoms with E-state index < -0.39 is 14.9 Å². The molecule has 0 aliphatic carbocycles. The summed E-state index contributed by atoms with van der Waals surface area (Å²) in [5, 5.41) is 10.4. The standard InChI is InChI=1S/C9H13N3O4S/c1-7(2)5-11-17(15,16)8-3-4-9(10-6-8)12(13)14/h3-4,6-7,11H,5H2,1-2H3. The van der Waals surface area contributed by atoms with Crippen LogP contribution in [0.1, 0.15) is 13.8 Å². The Morgan fingerprint density at radius 1 is 1.47 bits per heavy atom. The molecule has 1 N–H and O–H groups in total. The molecule has 0 aliphatic rings. The molecular weight excluding hydrogens is 246 g/mol. The van der Waals surface area contributed by atoms with Crippen LogP contribution in [0.2, 0.25) is 0 Å². The predicted octanol–water partition coefficient (Wildman–Crippen LogP) is 0.924. The molecule has 0 unspecified atom stereocenters. The molecule has 94 valence electrons. The predicted molar refractivity (Wildman–Crippen MR) is 60.9 cm³/mol. The molecule has 0 bridgehead atoms. The van der Waals surface area contributed by atoms with Crippen molar-refractivity contribution in [3.05, 3.63) is 28.4 Å². The lowest BCUT2D eigenvalue weighted by Crippen LogP contribution is -2.27. The maximum absolute atomic E-state index is 11.7. The number of nitro groups is 1. The van der Waals surface area contributed by atoms with Gasteiger partial charge in [-0.15, -0.1) is 0 Å². The van der Waals surface area contributed by atoms with Crippen molar-refractivity contribution in [1.29, 1.82) is 0 Å². The molecular formula is C9H13N3O4S. The van der Waals surface area contributed by atoms with Crippen molar-refractivity contribution >= 4 is 15.8 Å². The van der Waals surface area contributed by atoms with Crippen LogP contribution in [-0.4, -0.2) is 24.9 Å². The van der Waals surface area contributed by atoms with Gasteiger partial charge in [-0.05, 0) is 21.9 Å². The van der Waals surface area contributed by atoms with Crippen molar-refractivity contribution in [2.75, 3.05) is 6.54 Å². The number of pyridine rings is 1. The molecule has 17 heavy (non-hydrogen) atoms. The van der Waals surface area contributed by atoms with E-state index in [9.17, 15) is 18.5 Å². The summed E-state index contributed by atoms with van der Waals surface area (Å²) in [6.07, 6.45) is 0.973. The topological polar surface area (TPSA) is 102 Å². The van der Waals surface area contributed by atoms with Crippen LogP contribution in [0.5, 0.6) is 0 Å². The molecule has 0 amide bonds. The van der Waals surface area contributed by atoms with Gasteiger partial charge in [0.1, 0.15) is 4.90 Å². The molecule has 0 aliphatic heterocycles. The SMILES string of the molecule is CC(C)CNS(=O)(=O)c1ccc([N+](=O)[O-])nc1. The highest BCUT2D eigenvalue weighted by atomic mass is 32.2. The van der Waals surface area contributed by atoms with Crippen LogP contribution >= 0.6 is 0 Å². The fourth-order valence-corrected chi connectivity index (χ4v) is 2.16. The Labute approximate surface area is 99.1 Å². The number of nitrogens with one attached hydrogen (secondary N) is 1. The Bertz CT molecular complexity index is 495. The van der Waals surface area contributed by atoms with Gasteiger partial charge in [0.25, 0.3) is 0 Å². The molecule has 0 radical (unpaired) electrons. The third-order valence-corrected chi connectivity index (χ3v) is 3.31. The van der Waals surface area contributed by atoms with E-state index in [0.717, 1.165) is 18.3 Å². The van der Waals surface area contributed by atoms with Gasteiger partial charge in [-0.25, -0.2) is 13.1 Å². The van der Waals surface area contributed by atoms with Crippen LogP contribution in [0.4, 0.5) is 5.82 Å². The normalized spacial score (nSPS) is 11.7. The summed E-state index contributed by atoms with van der Waals surface area (Å²) < 4.78 is 25.8. The molecule has 0 fully saturated rings. The second-order valence-corrected chi connectivity index (χ2v) is 5.62. The lowest BCUT2D eigenvalue weighted by Gasteiger charge is -2.07. The zero-order valence-electron chi connectivity index (χ0n) is 9.45. The third-order valence-electron chi connectivity index (χ3n) is 1.90. The highest BCUT2D eigenvalue weighted by Crippen LogP contribution is 2.12. The van der Waals surface area contributed by atoms with Crippen LogP contribution in [0, 0.1) is 16.0 Å². The van der Waals surface area contributed by atoms with Crippen LogP contribution in [0.15, 0.2) is 23.2 Å². The first-order valence-corrected chi connectivity index (χ1v) is 6.41. The van der Waals surface area contributed by atoms with Crippen LogP contribution in [0.25, 0.3) is 0 Å². The van der Waals surface area contributed by atoms with E-state index in [1.54, 1.807) is 0 Å². The highest BCUT2D eigenvalue weighted by Gasteiger charge is 2.17.